The van der Waals surface area contributed by atoms with Crippen LogP contribution < -0.4 is 0 Å². The molecule has 268 valence electrons. The Bertz CT molecular complexity index is 1110. The summed E-state index contributed by atoms with van der Waals surface area (Å²) >= 11 is 0. The Morgan fingerprint density at radius 2 is 1.79 bits per heavy atom. The fourth-order valence-electron chi connectivity index (χ4n) is 11.2. The highest BCUT2D eigenvalue weighted by atomic mass is 16.7. The van der Waals surface area contributed by atoms with Gasteiger partial charge in [-0.05, 0) is 106 Å². The van der Waals surface area contributed by atoms with E-state index >= 15 is 0 Å². The van der Waals surface area contributed by atoms with E-state index in [0.717, 1.165) is 43.4 Å². The topological polar surface area (TPSA) is 127 Å². The number of aliphatic hydroxyl groups is 3. The Balaban J connectivity index is 1.04. The molecule has 6 aliphatic rings. The second-order valence-electron chi connectivity index (χ2n) is 17.5. The molecule has 9 heteroatoms. The van der Waals surface area contributed by atoms with Crippen LogP contribution in [0.15, 0.2) is 16.8 Å². The molecule has 9 nitrogen and oxygen atoms in total. The van der Waals surface area contributed by atoms with Crippen LogP contribution in [0.5, 0.6) is 0 Å². The van der Waals surface area contributed by atoms with E-state index in [1.54, 1.807) is 5.57 Å². The Kier molecular flexibility index (Phi) is 11.0. The highest BCUT2D eigenvalue weighted by Crippen LogP contribution is 2.68. The molecule has 0 aromatic heterocycles. The van der Waals surface area contributed by atoms with Gasteiger partial charge in [-0.3, -0.25) is 0 Å². The summed E-state index contributed by atoms with van der Waals surface area (Å²) in [4.78, 5) is 11.2. The maximum atomic E-state index is 11.2. The zero-order valence-electron chi connectivity index (χ0n) is 29.6. The van der Waals surface area contributed by atoms with Gasteiger partial charge in [-0.15, -0.1) is 0 Å². The fraction of sp³-hybridized carbons (Fsp3) is 0.947. The molecule has 0 bridgehead atoms. The second-order valence-corrected chi connectivity index (χ2v) is 17.5. The number of unbranched alkanes of at least 4 members (excludes halogenated alkanes) is 1. The first kappa shape index (κ1) is 35.9. The van der Waals surface area contributed by atoms with Crippen molar-refractivity contribution in [2.45, 2.75) is 173 Å². The first-order chi connectivity index (χ1) is 22.3. The standard InChI is InChI=1S/C38H63NO8/c1-23-28-10-12-31-30-11-9-24(8-6-7-15-36(2,3)42)37(30,4)16-17-38(31,5)29(28)13-14-33(23)47-34-20-25(40)18-27(46-34)22-45-35-32(39-43)19-26(41)21-44-35/h10,23-27,29-35,40-42H,6-9,11-22H2,1-5H3/t23-,24?,25+,26+,27+,29?,30?,31?,32-,33+,34+,35-,37-,38+/m1/s1. The van der Waals surface area contributed by atoms with Crippen molar-refractivity contribution in [1.29, 1.82) is 0 Å². The summed E-state index contributed by atoms with van der Waals surface area (Å²) in [7, 11) is 0. The monoisotopic (exact) mass is 661 g/mol. The maximum Gasteiger partial charge on any atom is 0.183 e. The third-order valence-corrected chi connectivity index (χ3v) is 13.9. The molecule has 4 unspecified atom stereocenters. The molecule has 2 saturated heterocycles. The zero-order chi connectivity index (χ0) is 33.6. The molecule has 3 N–H and O–H groups in total. The number of nitroso groups, excluding NO2 is 1. The maximum absolute atomic E-state index is 11.2. The SMILES string of the molecule is C[C@@H]1C2=CCC3C4CCC(CCCCC(C)(C)O)[C@@]4(C)CC[C@@]3(C)C2CC[C@@H]1O[C@H]1C[C@@H](O)C[C@@H](CO[C@H]2OC[C@@H](O)C[C@H]2N=O)O1. The number of fused-ring (bicyclic) bond motifs is 5. The van der Waals surface area contributed by atoms with E-state index in [1.807, 2.05) is 13.8 Å². The first-order valence-electron chi connectivity index (χ1n) is 19.0. The average molecular weight is 662 g/mol. The molecular weight excluding hydrogens is 598 g/mol. The lowest BCUT2D eigenvalue weighted by atomic mass is 9.45. The van der Waals surface area contributed by atoms with Crippen molar-refractivity contribution < 1.29 is 34.3 Å². The molecule has 3 saturated carbocycles. The van der Waals surface area contributed by atoms with Crippen LogP contribution in [0.3, 0.4) is 0 Å². The van der Waals surface area contributed by atoms with Crippen LogP contribution in [-0.4, -0.2) is 77.2 Å². The molecule has 0 radical (unpaired) electrons. The van der Waals surface area contributed by atoms with Gasteiger partial charge in [0, 0.05) is 25.2 Å². The van der Waals surface area contributed by atoms with Gasteiger partial charge in [-0.2, -0.15) is 4.91 Å². The number of hydrogen-bond donors (Lipinski definition) is 3. The first-order valence-corrected chi connectivity index (χ1v) is 19.0. The van der Waals surface area contributed by atoms with Crippen molar-refractivity contribution in [3.8, 4) is 0 Å². The zero-order valence-corrected chi connectivity index (χ0v) is 29.6. The van der Waals surface area contributed by atoms with Gasteiger partial charge in [0.25, 0.3) is 0 Å². The van der Waals surface area contributed by atoms with Crippen molar-refractivity contribution in [1.82, 2.24) is 0 Å². The smallest absolute Gasteiger partial charge is 0.183 e. The van der Waals surface area contributed by atoms with E-state index in [-0.39, 0.29) is 31.8 Å². The largest absolute Gasteiger partial charge is 0.393 e. The van der Waals surface area contributed by atoms with Gasteiger partial charge < -0.3 is 34.3 Å². The third-order valence-electron chi connectivity index (χ3n) is 13.9. The summed E-state index contributed by atoms with van der Waals surface area (Å²) in [6, 6.07) is -0.760. The van der Waals surface area contributed by atoms with Gasteiger partial charge in [0.15, 0.2) is 12.6 Å². The lowest BCUT2D eigenvalue weighted by molar-refractivity contribution is -0.265. The summed E-state index contributed by atoms with van der Waals surface area (Å²) in [5, 5.41) is 33.7. The van der Waals surface area contributed by atoms with Crippen LogP contribution >= 0.6 is 0 Å². The fourth-order valence-corrected chi connectivity index (χ4v) is 11.2. The minimum absolute atomic E-state index is 0.0509. The summed E-state index contributed by atoms with van der Waals surface area (Å²) < 4.78 is 24.3. The van der Waals surface area contributed by atoms with Gasteiger partial charge in [0.05, 0.1) is 43.2 Å². The Morgan fingerprint density at radius 1 is 1.00 bits per heavy atom. The highest BCUT2D eigenvalue weighted by molar-refractivity contribution is 5.25. The van der Waals surface area contributed by atoms with Crippen LogP contribution in [-0.2, 0) is 18.9 Å². The lowest BCUT2D eigenvalue weighted by Gasteiger charge is -2.60. The van der Waals surface area contributed by atoms with Crippen molar-refractivity contribution in [2.75, 3.05) is 13.2 Å². The van der Waals surface area contributed by atoms with Crippen molar-refractivity contribution in [2.24, 2.45) is 45.6 Å². The van der Waals surface area contributed by atoms with E-state index in [9.17, 15) is 20.2 Å². The minimum Gasteiger partial charge on any atom is -0.393 e. The molecule has 2 aliphatic heterocycles. The Labute approximate surface area is 282 Å². The van der Waals surface area contributed by atoms with Gasteiger partial charge in [-0.25, -0.2) is 0 Å². The normalized spacial score (nSPS) is 47.0. The molecule has 14 atom stereocenters. The molecule has 0 aromatic carbocycles. The van der Waals surface area contributed by atoms with Crippen LogP contribution in [0, 0.1) is 45.3 Å². The van der Waals surface area contributed by atoms with Crippen molar-refractivity contribution in [3.63, 3.8) is 0 Å². The predicted octanol–water partition coefficient (Wildman–Crippen LogP) is 6.65. The number of hydrogen-bond acceptors (Lipinski definition) is 9. The highest BCUT2D eigenvalue weighted by Gasteiger charge is 2.60. The molecule has 47 heavy (non-hydrogen) atoms. The van der Waals surface area contributed by atoms with Crippen LogP contribution in [0.2, 0.25) is 0 Å². The van der Waals surface area contributed by atoms with E-state index < -0.39 is 36.4 Å². The van der Waals surface area contributed by atoms with E-state index in [4.69, 9.17) is 18.9 Å². The summed E-state index contributed by atoms with van der Waals surface area (Å²) in [5.41, 5.74) is 1.83. The molecule has 6 rings (SSSR count). The van der Waals surface area contributed by atoms with E-state index in [1.165, 1.54) is 44.9 Å². The second kappa shape index (κ2) is 14.4. The summed E-state index contributed by atoms with van der Waals surface area (Å²) in [5.74, 6) is 3.30. The Hall–Kier alpha value is -0.940. The van der Waals surface area contributed by atoms with E-state index in [0.29, 0.717) is 35.5 Å². The summed E-state index contributed by atoms with van der Waals surface area (Å²) in [6.45, 7) is 11.7. The molecule has 0 spiro atoms. The van der Waals surface area contributed by atoms with Gasteiger partial charge in [-0.1, -0.05) is 50.4 Å². The van der Waals surface area contributed by atoms with Crippen LogP contribution in [0.4, 0.5) is 0 Å². The molecule has 2 heterocycles. The van der Waals surface area contributed by atoms with Crippen molar-refractivity contribution >= 4 is 0 Å². The molecule has 0 amide bonds. The number of aliphatic hydroxyl groups excluding tert-OH is 2. The summed E-state index contributed by atoms with van der Waals surface area (Å²) in [6.07, 6.45) is 14.1. The number of rotatable bonds is 11. The van der Waals surface area contributed by atoms with Crippen molar-refractivity contribution in [3.05, 3.63) is 16.6 Å². The lowest BCUT2D eigenvalue weighted by Crippen LogP contribution is -2.53. The van der Waals surface area contributed by atoms with E-state index in [2.05, 4.69) is 32.0 Å². The molecule has 0 aromatic rings. The van der Waals surface area contributed by atoms with Gasteiger partial charge in [0.1, 0.15) is 6.04 Å². The molecule has 5 fully saturated rings. The van der Waals surface area contributed by atoms with Crippen LogP contribution in [0.25, 0.3) is 0 Å². The minimum atomic E-state index is -0.811. The third kappa shape index (κ3) is 7.57. The number of ether oxygens (including phenoxy) is 4. The average Bonchev–Trinajstić information content (AvgIpc) is 3.35. The quantitative estimate of drug-likeness (QED) is 0.128. The van der Waals surface area contributed by atoms with Gasteiger partial charge >= 0.3 is 0 Å². The van der Waals surface area contributed by atoms with Crippen LogP contribution in [0.1, 0.15) is 125 Å². The predicted molar refractivity (Wildman–Crippen MR) is 179 cm³/mol. The number of nitrogens with zero attached hydrogens (tertiary/aromatic N) is 1. The molecule has 4 aliphatic carbocycles. The number of allylic oxidation sites excluding steroid dienone is 1. The molecular formula is C38H63NO8. The van der Waals surface area contributed by atoms with Gasteiger partial charge in [0.2, 0.25) is 0 Å². The Morgan fingerprint density at radius 3 is 2.55 bits per heavy atom.